The lowest BCUT2D eigenvalue weighted by molar-refractivity contribution is 0.0600. The smallest absolute Gasteiger partial charge is 0.337 e. The van der Waals surface area contributed by atoms with E-state index in [4.69, 9.17) is 11.6 Å². The molecule has 2 heterocycles. The van der Waals surface area contributed by atoms with Gasteiger partial charge in [0.25, 0.3) is 0 Å². The fourth-order valence-corrected chi connectivity index (χ4v) is 5.57. The number of carbonyl (C=O) groups is 1. The number of methoxy groups -OCH3 is 1. The molecule has 0 amide bonds. The van der Waals surface area contributed by atoms with Crippen molar-refractivity contribution in [3.8, 4) is 0 Å². The van der Waals surface area contributed by atoms with Gasteiger partial charge in [-0.3, -0.25) is 9.80 Å². The Morgan fingerprint density at radius 3 is 2.44 bits per heavy atom. The predicted molar refractivity (Wildman–Crippen MR) is 134 cm³/mol. The van der Waals surface area contributed by atoms with E-state index in [9.17, 15) is 22.0 Å². The van der Waals surface area contributed by atoms with Gasteiger partial charge in [-0.15, -0.1) is 0 Å². The van der Waals surface area contributed by atoms with Crippen LogP contribution in [0.25, 0.3) is 0 Å². The summed E-state index contributed by atoms with van der Waals surface area (Å²) in [5, 5.41) is 0.121. The zero-order valence-corrected chi connectivity index (χ0v) is 21.5. The topological polar surface area (TPSA) is 82.2 Å². The van der Waals surface area contributed by atoms with Crippen molar-refractivity contribution >= 4 is 33.3 Å². The van der Waals surface area contributed by atoms with Crippen molar-refractivity contribution in [2.75, 3.05) is 63.6 Å². The highest BCUT2D eigenvalue weighted by Crippen LogP contribution is 2.28. The monoisotopic (exact) mass is 542 g/mol. The molecule has 0 unspecified atom stereocenters. The number of nitrogens with zero attached hydrogens (tertiary/aromatic N) is 3. The van der Waals surface area contributed by atoms with Gasteiger partial charge in [-0.1, -0.05) is 17.7 Å². The molecule has 8 nitrogen and oxygen atoms in total. The molecule has 2 aliphatic heterocycles. The van der Waals surface area contributed by atoms with Gasteiger partial charge >= 0.3 is 5.97 Å². The van der Waals surface area contributed by atoms with Gasteiger partial charge in [0.2, 0.25) is 10.0 Å². The third kappa shape index (κ3) is 6.51. The highest BCUT2D eigenvalue weighted by molar-refractivity contribution is 7.89. The maximum absolute atomic E-state index is 14.2. The molecule has 2 fully saturated rings. The van der Waals surface area contributed by atoms with Crippen LogP contribution in [-0.4, -0.2) is 88.9 Å². The molecule has 2 aromatic rings. The van der Waals surface area contributed by atoms with Crippen LogP contribution in [0.4, 0.5) is 14.5 Å². The van der Waals surface area contributed by atoms with Crippen LogP contribution in [0.2, 0.25) is 5.02 Å². The SMILES string of the molecule is COC(=O)c1ccc(CNS(=O)(=O)CCN2CCN(C3CN(c4ccc(F)c(Cl)c4)C3)CC2)c(F)c1. The number of halogens is 3. The fraction of sp³-hybridized carbons (Fsp3) is 0.458. The molecule has 196 valence electrons. The van der Waals surface area contributed by atoms with Gasteiger partial charge in [0.05, 0.1) is 23.4 Å². The molecular weight excluding hydrogens is 514 g/mol. The van der Waals surface area contributed by atoms with E-state index in [0.717, 1.165) is 51.0 Å². The summed E-state index contributed by atoms with van der Waals surface area (Å²) in [5.41, 5.74) is 1.13. The molecule has 2 aliphatic rings. The summed E-state index contributed by atoms with van der Waals surface area (Å²) in [6.07, 6.45) is 0. The van der Waals surface area contributed by atoms with Crippen molar-refractivity contribution in [3.05, 3.63) is 64.2 Å². The molecule has 0 aromatic heterocycles. The average molecular weight is 543 g/mol. The first kappa shape index (κ1) is 26.7. The molecule has 1 N–H and O–H groups in total. The summed E-state index contributed by atoms with van der Waals surface area (Å²) in [6.45, 7) is 5.09. The van der Waals surface area contributed by atoms with E-state index in [2.05, 4.69) is 24.2 Å². The standard InChI is InChI=1S/C24H29ClF2N4O4S/c1-35-24(32)17-2-3-18(23(27)12-17)14-28-36(33,34)11-10-29-6-8-30(9-7-29)20-15-31(16-20)19-4-5-22(26)21(25)13-19/h2-5,12-13,20,28H,6-11,14-16H2,1H3. The van der Waals surface area contributed by atoms with Gasteiger partial charge in [0.15, 0.2) is 0 Å². The number of hydrogen-bond donors (Lipinski definition) is 1. The average Bonchev–Trinajstić information content (AvgIpc) is 2.83. The zero-order chi connectivity index (χ0) is 25.9. The summed E-state index contributed by atoms with van der Waals surface area (Å²) in [4.78, 5) is 18.1. The Bertz CT molecular complexity index is 1200. The molecule has 2 saturated heterocycles. The number of sulfonamides is 1. The molecule has 0 bridgehead atoms. The molecule has 2 aromatic carbocycles. The fourth-order valence-electron chi connectivity index (χ4n) is 4.38. The Labute approximate surface area is 214 Å². The predicted octanol–water partition coefficient (Wildman–Crippen LogP) is 2.33. The summed E-state index contributed by atoms with van der Waals surface area (Å²) in [7, 11) is -2.40. The minimum atomic E-state index is -3.60. The van der Waals surface area contributed by atoms with Crippen molar-refractivity contribution in [1.29, 1.82) is 0 Å². The Balaban J connectivity index is 1.17. The van der Waals surface area contributed by atoms with Crippen molar-refractivity contribution in [2.45, 2.75) is 12.6 Å². The van der Waals surface area contributed by atoms with Crippen molar-refractivity contribution < 1.29 is 26.7 Å². The van der Waals surface area contributed by atoms with Crippen molar-refractivity contribution in [1.82, 2.24) is 14.5 Å². The summed E-state index contributed by atoms with van der Waals surface area (Å²) < 4.78 is 59.4. The number of carbonyl (C=O) groups excluding carboxylic acids is 1. The number of anilines is 1. The molecule has 0 saturated carbocycles. The number of piperazine rings is 1. The third-order valence-electron chi connectivity index (χ3n) is 6.69. The molecule has 12 heteroatoms. The Morgan fingerprint density at radius 2 is 1.81 bits per heavy atom. The number of nitrogens with one attached hydrogen (secondary N) is 1. The van der Waals surface area contributed by atoms with Crippen LogP contribution >= 0.6 is 11.6 Å². The van der Waals surface area contributed by atoms with Gasteiger partial charge < -0.3 is 9.64 Å². The van der Waals surface area contributed by atoms with Gasteiger partial charge in [-0.25, -0.2) is 26.7 Å². The largest absolute Gasteiger partial charge is 0.465 e. The van der Waals surface area contributed by atoms with Gasteiger partial charge in [-0.2, -0.15) is 0 Å². The van der Waals surface area contributed by atoms with E-state index in [0.29, 0.717) is 12.6 Å². The lowest BCUT2D eigenvalue weighted by Gasteiger charge is -2.49. The molecule has 0 atom stereocenters. The van der Waals surface area contributed by atoms with Crippen LogP contribution < -0.4 is 9.62 Å². The quantitative estimate of drug-likeness (QED) is 0.487. The third-order valence-corrected chi connectivity index (χ3v) is 8.28. The maximum Gasteiger partial charge on any atom is 0.337 e. The van der Waals surface area contributed by atoms with E-state index in [1.165, 1.54) is 25.3 Å². The normalized spacial score (nSPS) is 17.7. The second-order valence-corrected chi connectivity index (χ2v) is 11.3. The van der Waals surface area contributed by atoms with Gasteiger partial charge in [-0.05, 0) is 30.3 Å². The maximum atomic E-state index is 14.2. The van der Waals surface area contributed by atoms with E-state index in [1.807, 2.05) is 0 Å². The highest BCUT2D eigenvalue weighted by Gasteiger charge is 2.34. The van der Waals surface area contributed by atoms with E-state index in [1.54, 1.807) is 12.1 Å². The van der Waals surface area contributed by atoms with Gasteiger partial charge in [0.1, 0.15) is 11.6 Å². The number of rotatable bonds is 9. The van der Waals surface area contributed by atoms with Crippen molar-refractivity contribution in [3.63, 3.8) is 0 Å². The number of ether oxygens (including phenoxy) is 1. The molecule has 0 radical (unpaired) electrons. The minimum Gasteiger partial charge on any atom is -0.465 e. The first-order valence-corrected chi connectivity index (χ1v) is 13.7. The number of hydrogen-bond acceptors (Lipinski definition) is 7. The lowest BCUT2D eigenvalue weighted by Crippen LogP contribution is -2.63. The Kier molecular flexibility index (Phi) is 8.46. The molecule has 0 aliphatic carbocycles. The van der Waals surface area contributed by atoms with E-state index in [-0.39, 0.29) is 28.4 Å². The highest BCUT2D eigenvalue weighted by atomic mass is 35.5. The van der Waals surface area contributed by atoms with Crippen LogP contribution in [-0.2, 0) is 21.3 Å². The molecular formula is C24H29ClF2N4O4S. The van der Waals surface area contributed by atoms with Crippen molar-refractivity contribution in [2.24, 2.45) is 0 Å². The first-order chi connectivity index (χ1) is 17.1. The molecule has 0 spiro atoms. The Hall–Kier alpha value is -2.31. The first-order valence-electron chi connectivity index (χ1n) is 11.7. The summed E-state index contributed by atoms with van der Waals surface area (Å²) >= 11 is 5.88. The van der Waals surface area contributed by atoms with Crippen LogP contribution in [0.1, 0.15) is 15.9 Å². The second kappa shape index (κ2) is 11.4. The van der Waals surface area contributed by atoms with Gasteiger partial charge in [0, 0.05) is 69.7 Å². The number of esters is 1. The second-order valence-electron chi connectivity index (χ2n) is 8.97. The van der Waals surface area contributed by atoms with E-state index >= 15 is 0 Å². The van der Waals surface area contributed by atoms with Crippen LogP contribution in [0.15, 0.2) is 36.4 Å². The number of benzene rings is 2. The zero-order valence-electron chi connectivity index (χ0n) is 19.9. The Morgan fingerprint density at radius 1 is 1.08 bits per heavy atom. The molecule has 4 rings (SSSR count). The van der Waals surface area contributed by atoms with Crippen LogP contribution in [0.5, 0.6) is 0 Å². The molecule has 36 heavy (non-hydrogen) atoms. The van der Waals surface area contributed by atoms with Crippen LogP contribution in [0, 0.1) is 11.6 Å². The minimum absolute atomic E-state index is 0.0650. The summed E-state index contributed by atoms with van der Waals surface area (Å²) in [6, 6.07) is 8.96. The lowest BCUT2D eigenvalue weighted by atomic mass is 10.0. The summed E-state index contributed by atoms with van der Waals surface area (Å²) in [5.74, 6) is -1.84. The van der Waals surface area contributed by atoms with Crippen LogP contribution in [0.3, 0.4) is 0 Å². The van der Waals surface area contributed by atoms with E-state index < -0.39 is 27.6 Å².